The van der Waals surface area contributed by atoms with Gasteiger partial charge in [0.25, 0.3) is 0 Å². The standard InChI is InChI=1S/C14H28N2O/c1-2-10-17-11-4-7-15-13-6-9-16-8-3-5-14(16)12-13/h13-15H,2-12H2,1H3. The van der Waals surface area contributed by atoms with Crippen molar-refractivity contribution in [2.75, 3.05) is 32.8 Å². The number of piperidine rings is 1. The van der Waals surface area contributed by atoms with Crippen LogP contribution in [0.1, 0.15) is 45.4 Å². The Hall–Kier alpha value is -0.120. The fourth-order valence-electron chi connectivity index (χ4n) is 3.14. The number of fused-ring (bicyclic) bond motifs is 1. The van der Waals surface area contributed by atoms with E-state index in [1.165, 1.54) is 38.8 Å². The molecule has 0 aromatic heterocycles. The van der Waals surface area contributed by atoms with E-state index in [0.717, 1.165) is 44.7 Å². The van der Waals surface area contributed by atoms with Gasteiger partial charge in [0.05, 0.1) is 0 Å². The molecule has 0 spiro atoms. The van der Waals surface area contributed by atoms with Crippen LogP contribution in [0.25, 0.3) is 0 Å². The summed E-state index contributed by atoms with van der Waals surface area (Å²) in [5.41, 5.74) is 0. The Bertz CT molecular complexity index is 210. The highest BCUT2D eigenvalue weighted by atomic mass is 16.5. The minimum atomic E-state index is 0.764. The fourth-order valence-corrected chi connectivity index (χ4v) is 3.14. The van der Waals surface area contributed by atoms with Crippen LogP contribution in [0, 0.1) is 0 Å². The first-order chi connectivity index (χ1) is 8.40. The summed E-state index contributed by atoms with van der Waals surface area (Å²) in [6.45, 7) is 7.79. The lowest BCUT2D eigenvalue weighted by Gasteiger charge is -2.35. The van der Waals surface area contributed by atoms with Crippen molar-refractivity contribution in [3.05, 3.63) is 0 Å². The smallest absolute Gasteiger partial charge is 0.0478 e. The highest BCUT2D eigenvalue weighted by Gasteiger charge is 2.31. The van der Waals surface area contributed by atoms with E-state index in [2.05, 4.69) is 17.1 Å². The summed E-state index contributed by atoms with van der Waals surface area (Å²) in [5.74, 6) is 0. The minimum absolute atomic E-state index is 0.764. The molecule has 2 saturated heterocycles. The lowest BCUT2D eigenvalue weighted by atomic mass is 9.97. The highest BCUT2D eigenvalue weighted by Crippen LogP contribution is 2.26. The Morgan fingerprint density at radius 2 is 2.18 bits per heavy atom. The molecule has 0 aromatic rings. The Morgan fingerprint density at radius 1 is 1.24 bits per heavy atom. The van der Waals surface area contributed by atoms with Gasteiger partial charge in [-0.2, -0.15) is 0 Å². The van der Waals surface area contributed by atoms with Crippen LogP contribution in [0.2, 0.25) is 0 Å². The summed E-state index contributed by atoms with van der Waals surface area (Å²) >= 11 is 0. The number of nitrogens with one attached hydrogen (secondary N) is 1. The molecular weight excluding hydrogens is 212 g/mol. The maximum atomic E-state index is 5.49. The molecule has 2 fully saturated rings. The van der Waals surface area contributed by atoms with Gasteiger partial charge in [0.1, 0.15) is 0 Å². The Morgan fingerprint density at radius 3 is 3.06 bits per heavy atom. The topological polar surface area (TPSA) is 24.5 Å². The number of hydrogen-bond acceptors (Lipinski definition) is 3. The van der Waals surface area contributed by atoms with E-state index in [4.69, 9.17) is 4.74 Å². The molecule has 0 aromatic carbocycles. The van der Waals surface area contributed by atoms with E-state index in [0.29, 0.717) is 0 Å². The highest BCUT2D eigenvalue weighted by molar-refractivity contribution is 4.88. The van der Waals surface area contributed by atoms with Crippen molar-refractivity contribution in [3.63, 3.8) is 0 Å². The molecule has 0 amide bonds. The summed E-state index contributed by atoms with van der Waals surface area (Å²) in [5, 5.41) is 3.70. The first kappa shape index (κ1) is 13.3. The van der Waals surface area contributed by atoms with Crippen molar-refractivity contribution >= 4 is 0 Å². The zero-order valence-corrected chi connectivity index (χ0v) is 11.3. The molecule has 2 aliphatic heterocycles. The first-order valence-corrected chi connectivity index (χ1v) is 7.45. The zero-order chi connectivity index (χ0) is 11.9. The molecule has 0 aliphatic carbocycles. The quantitative estimate of drug-likeness (QED) is 0.689. The van der Waals surface area contributed by atoms with Crippen LogP contribution in [-0.4, -0.2) is 49.8 Å². The van der Waals surface area contributed by atoms with E-state index in [1.54, 1.807) is 0 Å². The third-order valence-corrected chi connectivity index (χ3v) is 4.07. The van der Waals surface area contributed by atoms with Gasteiger partial charge in [-0.25, -0.2) is 0 Å². The molecule has 2 atom stereocenters. The van der Waals surface area contributed by atoms with Gasteiger partial charge in [-0.1, -0.05) is 6.92 Å². The lowest BCUT2D eigenvalue weighted by Crippen LogP contribution is -2.45. The van der Waals surface area contributed by atoms with Crippen LogP contribution >= 0.6 is 0 Å². The molecule has 2 aliphatic rings. The van der Waals surface area contributed by atoms with Gasteiger partial charge in [-0.3, -0.25) is 0 Å². The number of hydrogen-bond donors (Lipinski definition) is 1. The van der Waals surface area contributed by atoms with Crippen molar-refractivity contribution in [2.24, 2.45) is 0 Å². The van der Waals surface area contributed by atoms with E-state index in [1.807, 2.05) is 0 Å². The minimum Gasteiger partial charge on any atom is -0.381 e. The molecule has 2 heterocycles. The van der Waals surface area contributed by atoms with E-state index in [9.17, 15) is 0 Å². The van der Waals surface area contributed by atoms with Gasteiger partial charge >= 0.3 is 0 Å². The van der Waals surface area contributed by atoms with Crippen molar-refractivity contribution in [3.8, 4) is 0 Å². The molecule has 100 valence electrons. The largest absolute Gasteiger partial charge is 0.381 e. The summed E-state index contributed by atoms with van der Waals surface area (Å²) in [6, 6.07) is 1.65. The van der Waals surface area contributed by atoms with Crippen LogP contribution in [0.3, 0.4) is 0 Å². The molecular formula is C14H28N2O. The van der Waals surface area contributed by atoms with Crippen LogP contribution < -0.4 is 5.32 Å². The maximum absolute atomic E-state index is 5.49. The normalized spacial score (nSPS) is 29.5. The maximum Gasteiger partial charge on any atom is 0.0478 e. The summed E-state index contributed by atoms with van der Waals surface area (Å²) in [6.07, 6.45) is 7.85. The van der Waals surface area contributed by atoms with Crippen molar-refractivity contribution in [2.45, 2.75) is 57.5 Å². The Labute approximate surface area is 106 Å². The first-order valence-electron chi connectivity index (χ1n) is 7.45. The van der Waals surface area contributed by atoms with Gasteiger partial charge < -0.3 is 15.0 Å². The van der Waals surface area contributed by atoms with E-state index < -0.39 is 0 Å². The second-order valence-corrected chi connectivity index (χ2v) is 5.47. The molecule has 3 heteroatoms. The van der Waals surface area contributed by atoms with E-state index >= 15 is 0 Å². The fraction of sp³-hybridized carbons (Fsp3) is 1.00. The van der Waals surface area contributed by atoms with Crippen molar-refractivity contribution in [1.82, 2.24) is 10.2 Å². The predicted molar refractivity (Wildman–Crippen MR) is 71.3 cm³/mol. The second kappa shape index (κ2) is 7.34. The molecule has 3 nitrogen and oxygen atoms in total. The second-order valence-electron chi connectivity index (χ2n) is 5.47. The van der Waals surface area contributed by atoms with Crippen LogP contribution in [0.15, 0.2) is 0 Å². The van der Waals surface area contributed by atoms with Gasteiger partial charge in [0.2, 0.25) is 0 Å². The Balaban J connectivity index is 1.51. The van der Waals surface area contributed by atoms with Crippen molar-refractivity contribution < 1.29 is 4.74 Å². The van der Waals surface area contributed by atoms with Gasteiger partial charge in [0.15, 0.2) is 0 Å². The molecule has 0 radical (unpaired) electrons. The molecule has 17 heavy (non-hydrogen) atoms. The molecule has 2 unspecified atom stereocenters. The Kier molecular flexibility index (Phi) is 5.75. The SMILES string of the molecule is CCCOCCCNC1CCN2CCCC2C1. The average Bonchev–Trinajstić information content (AvgIpc) is 2.81. The number of nitrogens with zero attached hydrogens (tertiary/aromatic N) is 1. The molecule has 2 rings (SSSR count). The monoisotopic (exact) mass is 240 g/mol. The predicted octanol–water partition coefficient (Wildman–Crippen LogP) is 2.02. The zero-order valence-electron chi connectivity index (χ0n) is 11.3. The van der Waals surface area contributed by atoms with Gasteiger partial charge in [-0.15, -0.1) is 0 Å². The number of rotatable bonds is 7. The lowest BCUT2D eigenvalue weighted by molar-refractivity contribution is 0.128. The molecule has 1 N–H and O–H groups in total. The average molecular weight is 240 g/mol. The van der Waals surface area contributed by atoms with Crippen LogP contribution in [-0.2, 0) is 4.74 Å². The third kappa shape index (κ3) is 4.23. The summed E-state index contributed by atoms with van der Waals surface area (Å²) < 4.78 is 5.49. The summed E-state index contributed by atoms with van der Waals surface area (Å²) in [4.78, 5) is 2.68. The number of ether oxygens (including phenoxy) is 1. The van der Waals surface area contributed by atoms with E-state index in [-0.39, 0.29) is 0 Å². The van der Waals surface area contributed by atoms with Gasteiger partial charge in [0, 0.05) is 25.3 Å². The van der Waals surface area contributed by atoms with Crippen LogP contribution in [0.4, 0.5) is 0 Å². The molecule has 0 saturated carbocycles. The van der Waals surface area contributed by atoms with Crippen LogP contribution in [0.5, 0.6) is 0 Å². The third-order valence-electron chi connectivity index (χ3n) is 4.07. The van der Waals surface area contributed by atoms with Crippen molar-refractivity contribution in [1.29, 1.82) is 0 Å². The van der Waals surface area contributed by atoms with Gasteiger partial charge in [-0.05, 0) is 58.2 Å². The summed E-state index contributed by atoms with van der Waals surface area (Å²) in [7, 11) is 0. The molecule has 0 bridgehead atoms.